The third-order valence-corrected chi connectivity index (χ3v) is 16.0. The lowest BCUT2D eigenvalue weighted by Gasteiger charge is -2.26. The Kier molecular flexibility index (Phi) is 22.9. The van der Waals surface area contributed by atoms with Gasteiger partial charge in [0.15, 0.2) is 0 Å². The van der Waals surface area contributed by atoms with Gasteiger partial charge in [0, 0.05) is 59.5 Å². The molecule has 10 aromatic carbocycles. The lowest BCUT2D eigenvalue weighted by atomic mass is 10.0. The van der Waals surface area contributed by atoms with Crippen molar-refractivity contribution < 1.29 is 38.1 Å². The number of ether oxygens (including phenoxy) is 4. The third-order valence-electron chi connectivity index (χ3n) is 16.0. The molecular formula is C84H74N2O8. The van der Waals surface area contributed by atoms with Crippen LogP contribution >= 0.6 is 0 Å². The predicted molar refractivity (Wildman–Crippen MR) is 381 cm³/mol. The summed E-state index contributed by atoms with van der Waals surface area (Å²) in [7, 11) is 0. The van der Waals surface area contributed by atoms with Gasteiger partial charge in [-0.3, -0.25) is 14.4 Å². The van der Waals surface area contributed by atoms with Gasteiger partial charge in [0.05, 0.1) is 0 Å². The van der Waals surface area contributed by atoms with Crippen molar-refractivity contribution in [3.8, 4) is 11.1 Å². The number of benzene rings is 10. The van der Waals surface area contributed by atoms with Crippen LogP contribution in [0.5, 0.6) is 0 Å². The molecule has 94 heavy (non-hydrogen) atoms. The summed E-state index contributed by atoms with van der Waals surface area (Å²) in [5, 5.41) is 0. The van der Waals surface area contributed by atoms with E-state index in [4.69, 9.17) is 18.9 Å². The van der Waals surface area contributed by atoms with Crippen molar-refractivity contribution in [2.75, 3.05) is 9.80 Å². The number of esters is 4. The van der Waals surface area contributed by atoms with Crippen LogP contribution in [0.2, 0.25) is 0 Å². The van der Waals surface area contributed by atoms with Crippen molar-refractivity contribution in [2.45, 2.75) is 65.0 Å². The number of aryl methyl sites for hydroxylation is 3. The van der Waals surface area contributed by atoms with Gasteiger partial charge in [-0.1, -0.05) is 220 Å². The molecule has 0 aliphatic rings. The second kappa shape index (κ2) is 32.9. The molecule has 0 amide bonds. The Morgan fingerprint density at radius 3 is 0.766 bits per heavy atom. The van der Waals surface area contributed by atoms with Gasteiger partial charge in [0.25, 0.3) is 0 Å². The van der Waals surface area contributed by atoms with Gasteiger partial charge < -0.3 is 28.7 Å². The Balaban J connectivity index is 0.848. The van der Waals surface area contributed by atoms with Crippen LogP contribution in [0.25, 0.3) is 41.5 Å². The van der Waals surface area contributed by atoms with Crippen LogP contribution in [0.15, 0.2) is 275 Å². The summed E-state index contributed by atoms with van der Waals surface area (Å²) in [6.45, 7) is 16.0. The Labute approximate surface area is 551 Å². The van der Waals surface area contributed by atoms with E-state index in [1.54, 1.807) is 30.4 Å². The highest BCUT2D eigenvalue weighted by molar-refractivity contribution is 5.88. The van der Waals surface area contributed by atoms with Crippen molar-refractivity contribution in [1.29, 1.82) is 0 Å². The summed E-state index contributed by atoms with van der Waals surface area (Å²) < 4.78 is 22.4. The van der Waals surface area contributed by atoms with E-state index >= 15 is 0 Å². The SMILES string of the molecule is C=Cc1ccc(COC(=O)/C=C/c2ccc(N(c3ccc(CCC(=O)OCc4ccc(C=C)cc4)cc3)c3ccc(-c4ccc(N(c5ccc(CCC(=O)OCc6ccc(C=C)cc6)cc5)c5ccc(CCC(=O)OCc6ccc(C=C)cc6)cc5)cc4)cc3)cc2)cc1. The van der Waals surface area contributed by atoms with E-state index in [1.165, 1.54) is 6.08 Å². The Bertz CT molecular complexity index is 4100. The molecule has 10 rings (SSSR count). The van der Waals surface area contributed by atoms with Gasteiger partial charge in [-0.05, 0) is 176 Å². The number of carbonyl (C=O) groups excluding carboxylic acids is 4. The highest BCUT2D eigenvalue weighted by Crippen LogP contribution is 2.39. The van der Waals surface area contributed by atoms with E-state index in [0.29, 0.717) is 19.3 Å². The summed E-state index contributed by atoms with van der Waals surface area (Å²) >= 11 is 0. The summed E-state index contributed by atoms with van der Waals surface area (Å²) in [6.07, 6.45) is 12.6. The average Bonchev–Trinajstić information content (AvgIpc) is 0.828. The minimum absolute atomic E-state index is 0.160. The molecule has 0 unspecified atom stereocenters. The summed E-state index contributed by atoms with van der Waals surface area (Å²) in [6, 6.07) is 80.5. The standard InChI is InChI=1S/C84H74N2O8/c1-5-61-9-17-69(18-10-61)57-91-81(87)53-33-65-25-41-75(42-26-65)85(76-43-27-66(28-44-76)34-54-82(88)92-58-70-19-11-62(6-2)12-20-70)79-49-37-73(38-50-79)74-39-51-80(52-40-74)86(77-45-29-67(30-46-77)35-55-83(89)93-59-71-21-13-63(7-3)14-22-71)78-47-31-68(32-48-78)36-56-84(90)94-60-72-23-15-64(8-4)16-24-72/h5-33,37-53H,1-4,34-36,54-60H2/b53-33+. The molecule has 0 aliphatic carbocycles. The van der Waals surface area contributed by atoms with E-state index in [2.05, 4.69) is 145 Å². The van der Waals surface area contributed by atoms with Crippen LogP contribution in [-0.4, -0.2) is 23.9 Å². The molecule has 0 radical (unpaired) electrons. The van der Waals surface area contributed by atoms with E-state index in [9.17, 15) is 19.2 Å². The first-order chi connectivity index (χ1) is 46.0. The molecule has 0 fully saturated rings. The number of carbonyl (C=O) groups is 4. The van der Waals surface area contributed by atoms with Gasteiger partial charge in [-0.2, -0.15) is 0 Å². The zero-order chi connectivity index (χ0) is 65.4. The number of nitrogens with zero attached hydrogens (tertiary/aromatic N) is 2. The molecule has 10 nitrogen and oxygen atoms in total. The fourth-order valence-electron chi connectivity index (χ4n) is 10.5. The van der Waals surface area contributed by atoms with Gasteiger partial charge in [0.2, 0.25) is 0 Å². The number of anilines is 6. The quantitative estimate of drug-likeness (QED) is 0.0245. The summed E-state index contributed by atoms with van der Waals surface area (Å²) in [5.74, 6) is -1.24. The molecule has 0 saturated carbocycles. The monoisotopic (exact) mass is 1240 g/mol. The highest BCUT2D eigenvalue weighted by Gasteiger charge is 2.18. The van der Waals surface area contributed by atoms with Crippen LogP contribution in [0.4, 0.5) is 34.1 Å². The molecule has 0 atom stereocenters. The molecule has 0 heterocycles. The summed E-state index contributed by atoms with van der Waals surface area (Å²) in [5.41, 5.74) is 19.0. The maximum Gasteiger partial charge on any atom is 0.331 e. The second-order valence-electron chi connectivity index (χ2n) is 22.6. The van der Waals surface area contributed by atoms with Crippen LogP contribution in [0, 0.1) is 0 Å². The second-order valence-corrected chi connectivity index (χ2v) is 22.6. The van der Waals surface area contributed by atoms with Gasteiger partial charge in [-0.15, -0.1) is 0 Å². The van der Waals surface area contributed by atoms with E-state index < -0.39 is 5.97 Å². The van der Waals surface area contributed by atoms with E-state index in [1.807, 2.05) is 133 Å². The normalized spacial score (nSPS) is 10.9. The molecule has 0 aromatic heterocycles. The topological polar surface area (TPSA) is 112 Å². The first-order valence-electron chi connectivity index (χ1n) is 31.3. The van der Waals surface area contributed by atoms with Crippen molar-refractivity contribution in [3.63, 3.8) is 0 Å². The number of hydrogen-bond donors (Lipinski definition) is 0. The van der Waals surface area contributed by atoms with Crippen LogP contribution in [0.1, 0.15) is 86.0 Å². The first-order valence-corrected chi connectivity index (χ1v) is 31.3. The smallest absolute Gasteiger partial charge is 0.331 e. The molecule has 0 aliphatic heterocycles. The minimum atomic E-state index is -0.443. The lowest BCUT2D eigenvalue weighted by Crippen LogP contribution is -2.11. The maximum absolute atomic E-state index is 12.9. The molecule has 0 saturated heterocycles. The van der Waals surface area contributed by atoms with Gasteiger partial charge >= 0.3 is 23.9 Å². The largest absolute Gasteiger partial charge is 0.461 e. The zero-order valence-corrected chi connectivity index (χ0v) is 52.6. The fraction of sp³-hybridized carbons (Fsp3) is 0.119. The van der Waals surface area contributed by atoms with Gasteiger partial charge in [0.1, 0.15) is 26.4 Å². The Morgan fingerprint density at radius 2 is 0.500 bits per heavy atom. The maximum atomic E-state index is 12.9. The van der Waals surface area contributed by atoms with E-state index in [-0.39, 0.29) is 63.6 Å². The predicted octanol–water partition coefficient (Wildman–Crippen LogP) is 19.6. The van der Waals surface area contributed by atoms with Gasteiger partial charge in [-0.25, -0.2) is 4.79 Å². The van der Waals surface area contributed by atoms with Crippen molar-refractivity contribution in [2.24, 2.45) is 0 Å². The minimum Gasteiger partial charge on any atom is -0.461 e. The molecule has 0 bridgehead atoms. The molecule has 0 spiro atoms. The Morgan fingerprint density at radius 1 is 0.277 bits per heavy atom. The first kappa shape index (κ1) is 65.3. The van der Waals surface area contributed by atoms with Crippen molar-refractivity contribution >= 4 is 88.4 Å². The third kappa shape index (κ3) is 18.7. The van der Waals surface area contributed by atoms with Crippen molar-refractivity contribution in [3.05, 3.63) is 342 Å². The summed E-state index contributed by atoms with van der Waals surface area (Å²) in [4.78, 5) is 55.7. The zero-order valence-electron chi connectivity index (χ0n) is 52.6. The molecule has 468 valence electrons. The molecule has 0 N–H and O–H groups in total. The fourth-order valence-corrected chi connectivity index (χ4v) is 10.5. The Hall–Kier alpha value is -11.6. The highest BCUT2D eigenvalue weighted by atomic mass is 16.5. The lowest BCUT2D eigenvalue weighted by molar-refractivity contribution is -0.145. The van der Waals surface area contributed by atoms with Crippen LogP contribution in [-0.2, 0) is 83.8 Å². The van der Waals surface area contributed by atoms with Crippen molar-refractivity contribution in [1.82, 2.24) is 0 Å². The molecular weight excluding hydrogens is 1160 g/mol. The number of rotatable bonds is 30. The van der Waals surface area contributed by atoms with Crippen LogP contribution in [0.3, 0.4) is 0 Å². The molecule has 10 heteroatoms. The number of hydrogen-bond acceptors (Lipinski definition) is 10. The average molecular weight is 1240 g/mol. The van der Waals surface area contributed by atoms with E-state index in [0.717, 1.165) is 112 Å². The van der Waals surface area contributed by atoms with Crippen LogP contribution < -0.4 is 9.80 Å². The molecule has 10 aromatic rings.